The van der Waals surface area contributed by atoms with Gasteiger partial charge in [-0.1, -0.05) is 29.8 Å². The topological polar surface area (TPSA) is 20.3 Å². The Morgan fingerprint density at radius 2 is 1.88 bits per heavy atom. The van der Waals surface area contributed by atoms with Crippen molar-refractivity contribution in [3.63, 3.8) is 0 Å². The normalized spacial score (nSPS) is 18.2. The van der Waals surface area contributed by atoms with E-state index in [9.17, 15) is 4.79 Å². The van der Waals surface area contributed by atoms with Gasteiger partial charge in [0.1, 0.15) is 0 Å². The molecule has 3 heteroatoms. The fraction of sp³-hybridized carbons (Fsp3) is 0.500. The zero-order chi connectivity index (χ0) is 12.3. The van der Waals surface area contributed by atoms with Crippen molar-refractivity contribution >= 4 is 18.4 Å². The number of aryl methyl sites for hydroxylation is 1. The van der Waals surface area contributed by atoms with Gasteiger partial charge >= 0.3 is 0 Å². The molecule has 0 saturated carbocycles. The van der Waals surface area contributed by atoms with Gasteiger partial charge in [0.25, 0.3) is 0 Å². The van der Waals surface area contributed by atoms with Crippen molar-refractivity contribution in [3.8, 4) is 0 Å². The highest BCUT2D eigenvalue weighted by Crippen LogP contribution is 2.18. The summed E-state index contributed by atoms with van der Waals surface area (Å²) < 4.78 is 0. The molecular weight excluding hydrogens is 230 g/mol. The van der Waals surface area contributed by atoms with Crippen LogP contribution in [0.4, 0.5) is 0 Å². The molecule has 1 aliphatic heterocycles. The molecule has 1 unspecified atom stereocenters. The van der Waals surface area contributed by atoms with E-state index in [4.69, 9.17) is 0 Å². The third-order valence-electron chi connectivity index (χ3n) is 3.30. The molecule has 92 valence electrons. The highest BCUT2D eigenvalue weighted by atomic mass is 32.1. The highest BCUT2D eigenvalue weighted by Gasteiger charge is 2.21. The fourth-order valence-electron chi connectivity index (χ4n) is 2.19. The maximum Gasteiger partial charge on any atom is 0.165 e. The number of benzene rings is 1. The summed E-state index contributed by atoms with van der Waals surface area (Å²) >= 11 is 4.54. The van der Waals surface area contributed by atoms with Crippen molar-refractivity contribution in [2.45, 2.75) is 31.6 Å². The SMILES string of the molecule is Cc1ccc(C(=O)CC(S)N2CCCC2)cc1. The summed E-state index contributed by atoms with van der Waals surface area (Å²) in [6.07, 6.45) is 2.97. The minimum atomic E-state index is 0.0753. The molecule has 1 aromatic rings. The highest BCUT2D eigenvalue weighted by molar-refractivity contribution is 7.80. The van der Waals surface area contributed by atoms with Gasteiger partial charge in [-0.25, -0.2) is 0 Å². The number of carbonyl (C=O) groups excluding carboxylic acids is 1. The molecule has 0 bridgehead atoms. The number of nitrogens with zero attached hydrogens (tertiary/aromatic N) is 1. The molecule has 0 aromatic heterocycles. The van der Waals surface area contributed by atoms with Gasteiger partial charge in [0.2, 0.25) is 0 Å². The van der Waals surface area contributed by atoms with Crippen molar-refractivity contribution in [1.82, 2.24) is 4.90 Å². The molecule has 17 heavy (non-hydrogen) atoms. The molecular formula is C14H19NOS. The Morgan fingerprint density at radius 3 is 2.47 bits per heavy atom. The third kappa shape index (κ3) is 3.33. The summed E-state index contributed by atoms with van der Waals surface area (Å²) in [7, 11) is 0. The summed E-state index contributed by atoms with van der Waals surface area (Å²) in [5.41, 5.74) is 1.98. The van der Waals surface area contributed by atoms with Crippen LogP contribution >= 0.6 is 12.6 Å². The Hall–Kier alpha value is -0.800. The second kappa shape index (κ2) is 5.69. The van der Waals surface area contributed by atoms with Crippen LogP contribution in [0.15, 0.2) is 24.3 Å². The lowest BCUT2D eigenvalue weighted by Crippen LogP contribution is -2.30. The number of Topliss-reactive ketones (excluding diaryl/α,β-unsaturated/α-hetero) is 1. The summed E-state index contributed by atoms with van der Waals surface area (Å²) in [5, 5.41) is 0.0753. The van der Waals surface area contributed by atoms with Crippen molar-refractivity contribution in [2.24, 2.45) is 0 Å². The average Bonchev–Trinajstić information content (AvgIpc) is 2.83. The molecule has 0 N–H and O–H groups in total. The molecule has 1 heterocycles. The number of carbonyl (C=O) groups is 1. The fourth-order valence-corrected chi connectivity index (χ4v) is 2.59. The minimum absolute atomic E-state index is 0.0753. The molecule has 1 saturated heterocycles. The Kier molecular flexibility index (Phi) is 4.24. The number of hydrogen-bond donors (Lipinski definition) is 1. The summed E-state index contributed by atoms with van der Waals surface area (Å²) in [6.45, 7) is 4.19. The Bertz CT molecular complexity index is 382. The smallest absolute Gasteiger partial charge is 0.165 e. The van der Waals surface area contributed by atoms with Crippen LogP contribution in [-0.2, 0) is 0 Å². The maximum absolute atomic E-state index is 12.0. The van der Waals surface area contributed by atoms with Crippen LogP contribution in [-0.4, -0.2) is 29.1 Å². The van der Waals surface area contributed by atoms with E-state index in [0.29, 0.717) is 6.42 Å². The molecule has 0 aliphatic carbocycles. The first kappa shape index (κ1) is 12.7. The van der Waals surface area contributed by atoms with Crippen LogP contribution < -0.4 is 0 Å². The van der Waals surface area contributed by atoms with E-state index < -0.39 is 0 Å². The molecule has 0 radical (unpaired) electrons. The van der Waals surface area contributed by atoms with Gasteiger partial charge in [-0.2, -0.15) is 12.6 Å². The summed E-state index contributed by atoms with van der Waals surface area (Å²) in [6, 6.07) is 7.78. The van der Waals surface area contributed by atoms with Gasteiger partial charge in [0, 0.05) is 12.0 Å². The standard InChI is InChI=1S/C14H19NOS/c1-11-4-6-12(7-5-11)13(16)10-14(17)15-8-2-3-9-15/h4-7,14,17H,2-3,8-10H2,1H3. The van der Waals surface area contributed by atoms with Crippen LogP contribution in [0, 0.1) is 6.92 Å². The van der Waals surface area contributed by atoms with E-state index >= 15 is 0 Å². The summed E-state index contributed by atoms with van der Waals surface area (Å²) in [4.78, 5) is 14.3. The zero-order valence-electron chi connectivity index (χ0n) is 10.2. The van der Waals surface area contributed by atoms with E-state index in [-0.39, 0.29) is 11.2 Å². The number of ketones is 1. The largest absolute Gasteiger partial charge is 0.294 e. The van der Waals surface area contributed by atoms with Gasteiger partial charge in [-0.05, 0) is 32.9 Å². The lowest BCUT2D eigenvalue weighted by molar-refractivity contribution is 0.0962. The lowest BCUT2D eigenvalue weighted by Gasteiger charge is -2.22. The van der Waals surface area contributed by atoms with Crippen LogP contribution in [0.2, 0.25) is 0 Å². The van der Waals surface area contributed by atoms with Gasteiger partial charge in [0.15, 0.2) is 5.78 Å². The second-order valence-electron chi connectivity index (χ2n) is 4.72. The van der Waals surface area contributed by atoms with Crippen LogP contribution in [0.1, 0.15) is 35.2 Å². The van der Waals surface area contributed by atoms with Crippen LogP contribution in [0.25, 0.3) is 0 Å². The molecule has 2 rings (SSSR count). The van der Waals surface area contributed by atoms with E-state index in [2.05, 4.69) is 17.5 Å². The first-order valence-corrected chi connectivity index (χ1v) is 6.70. The molecule has 1 atom stereocenters. The molecule has 1 aromatic carbocycles. The van der Waals surface area contributed by atoms with E-state index in [0.717, 1.165) is 18.7 Å². The first-order chi connectivity index (χ1) is 8.16. The zero-order valence-corrected chi connectivity index (χ0v) is 11.1. The monoisotopic (exact) mass is 249 g/mol. The van der Waals surface area contributed by atoms with E-state index in [1.54, 1.807) is 0 Å². The van der Waals surface area contributed by atoms with Crippen molar-refractivity contribution in [1.29, 1.82) is 0 Å². The average molecular weight is 249 g/mol. The predicted octanol–water partition coefficient (Wildman–Crippen LogP) is 2.92. The molecule has 2 nitrogen and oxygen atoms in total. The first-order valence-electron chi connectivity index (χ1n) is 6.19. The molecule has 0 spiro atoms. The number of hydrogen-bond acceptors (Lipinski definition) is 3. The predicted molar refractivity (Wildman–Crippen MR) is 73.7 cm³/mol. The van der Waals surface area contributed by atoms with Crippen LogP contribution in [0.3, 0.4) is 0 Å². The Morgan fingerprint density at radius 1 is 1.29 bits per heavy atom. The quantitative estimate of drug-likeness (QED) is 0.654. The van der Waals surface area contributed by atoms with Crippen molar-refractivity contribution in [2.75, 3.05) is 13.1 Å². The number of rotatable bonds is 4. The van der Waals surface area contributed by atoms with E-state index in [1.807, 2.05) is 31.2 Å². The van der Waals surface area contributed by atoms with Crippen LogP contribution in [0.5, 0.6) is 0 Å². The van der Waals surface area contributed by atoms with Crippen molar-refractivity contribution in [3.05, 3.63) is 35.4 Å². The molecule has 0 amide bonds. The van der Waals surface area contributed by atoms with Gasteiger partial charge < -0.3 is 0 Å². The Labute approximate surface area is 108 Å². The third-order valence-corrected chi connectivity index (χ3v) is 3.81. The summed E-state index contributed by atoms with van der Waals surface area (Å²) in [5.74, 6) is 0.192. The minimum Gasteiger partial charge on any atom is -0.294 e. The molecule has 1 aliphatic rings. The second-order valence-corrected chi connectivity index (χ2v) is 5.31. The van der Waals surface area contributed by atoms with Gasteiger partial charge in [-0.3, -0.25) is 9.69 Å². The number of thiol groups is 1. The Balaban J connectivity index is 1.94. The van der Waals surface area contributed by atoms with Gasteiger partial charge in [-0.15, -0.1) is 0 Å². The van der Waals surface area contributed by atoms with Gasteiger partial charge in [0.05, 0.1) is 5.37 Å². The maximum atomic E-state index is 12.0. The number of likely N-dealkylation sites (tertiary alicyclic amines) is 1. The molecule has 1 fully saturated rings. The van der Waals surface area contributed by atoms with E-state index in [1.165, 1.54) is 18.4 Å². The lowest BCUT2D eigenvalue weighted by atomic mass is 10.1. The van der Waals surface area contributed by atoms with Crippen molar-refractivity contribution < 1.29 is 4.79 Å².